The molecule has 0 aliphatic heterocycles. The van der Waals surface area contributed by atoms with Gasteiger partial charge in [0.2, 0.25) is 5.91 Å². The van der Waals surface area contributed by atoms with Crippen LogP contribution in [0.3, 0.4) is 0 Å². The lowest BCUT2D eigenvalue weighted by Crippen LogP contribution is -2.27. The van der Waals surface area contributed by atoms with Gasteiger partial charge in [0.15, 0.2) is 0 Å². The molecule has 0 fully saturated rings. The fourth-order valence-corrected chi connectivity index (χ4v) is 1.87. The zero-order valence-electron chi connectivity index (χ0n) is 12.4. The van der Waals surface area contributed by atoms with Crippen LogP contribution in [0.4, 0.5) is 0 Å². The highest BCUT2D eigenvalue weighted by Gasteiger charge is 2.12. The van der Waals surface area contributed by atoms with Gasteiger partial charge in [-0.15, -0.1) is 0 Å². The molecule has 2 unspecified atom stereocenters. The van der Waals surface area contributed by atoms with E-state index in [-0.39, 0.29) is 18.6 Å². The smallest absolute Gasteiger partial charge is 0.220 e. The standard InChI is InChI=1S/C17H23NO2/c1-4-13(2)11-17(20)18-14(3)16-9-5-7-15(12-16)8-6-10-19/h5,7,9,12-14,19H,4,10-11H2,1-3H3,(H,18,20). The molecular weight excluding hydrogens is 250 g/mol. The number of hydrogen-bond donors (Lipinski definition) is 2. The van der Waals surface area contributed by atoms with Crippen LogP contribution in [0, 0.1) is 17.8 Å². The Balaban J connectivity index is 2.67. The summed E-state index contributed by atoms with van der Waals surface area (Å²) < 4.78 is 0. The lowest BCUT2D eigenvalue weighted by atomic mass is 10.0. The van der Waals surface area contributed by atoms with Crippen LogP contribution >= 0.6 is 0 Å². The van der Waals surface area contributed by atoms with Gasteiger partial charge in [-0.1, -0.05) is 44.2 Å². The largest absolute Gasteiger partial charge is 0.384 e. The second kappa shape index (κ2) is 8.39. The molecule has 2 atom stereocenters. The Bertz CT molecular complexity index is 499. The summed E-state index contributed by atoms with van der Waals surface area (Å²) in [5.74, 6) is 5.98. The molecule has 108 valence electrons. The average molecular weight is 273 g/mol. The Labute approximate surface area is 121 Å². The highest BCUT2D eigenvalue weighted by atomic mass is 16.2. The summed E-state index contributed by atoms with van der Waals surface area (Å²) in [7, 11) is 0. The molecule has 3 nitrogen and oxygen atoms in total. The number of benzene rings is 1. The molecule has 0 aliphatic carbocycles. The first-order valence-electron chi connectivity index (χ1n) is 7.05. The Morgan fingerprint density at radius 2 is 2.15 bits per heavy atom. The summed E-state index contributed by atoms with van der Waals surface area (Å²) >= 11 is 0. The van der Waals surface area contributed by atoms with Crippen LogP contribution in [0.5, 0.6) is 0 Å². The first-order chi connectivity index (χ1) is 9.56. The number of aliphatic hydroxyl groups is 1. The predicted octanol–water partition coefficient (Wildman–Crippen LogP) is 2.64. The highest BCUT2D eigenvalue weighted by Crippen LogP contribution is 2.15. The van der Waals surface area contributed by atoms with Gasteiger partial charge >= 0.3 is 0 Å². The van der Waals surface area contributed by atoms with Crippen molar-refractivity contribution in [1.29, 1.82) is 0 Å². The van der Waals surface area contributed by atoms with Crippen molar-refractivity contribution in [2.45, 2.75) is 39.7 Å². The van der Waals surface area contributed by atoms with Crippen molar-refractivity contribution in [3.05, 3.63) is 35.4 Å². The second-order valence-corrected chi connectivity index (χ2v) is 5.09. The van der Waals surface area contributed by atoms with E-state index in [0.29, 0.717) is 12.3 Å². The van der Waals surface area contributed by atoms with E-state index < -0.39 is 0 Å². The van der Waals surface area contributed by atoms with E-state index in [2.05, 4.69) is 31.0 Å². The molecule has 0 heterocycles. The SMILES string of the molecule is CCC(C)CC(=O)NC(C)c1cccc(C#CCO)c1. The van der Waals surface area contributed by atoms with E-state index in [9.17, 15) is 4.79 Å². The van der Waals surface area contributed by atoms with Crippen molar-refractivity contribution in [2.75, 3.05) is 6.61 Å². The van der Waals surface area contributed by atoms with Crippen molar-refractivity contribution >= 4 is 5.91 Å². The topological polar surface area (TPSA) is 49.3 Å². The van der Waals surface area contributed by atoms with E-state index in [0.717, 1.165) is 17.5 Å². The summed E-state index contributed by atoms with van der Waals surface area (Å²) in [4.78, 5) is 11.9. The molecule has 0 saturated carbocycles. The van der Waals surface area contributed by atoms with Gasteiger partial charge in [0.1, 0.15) is 6.61 Å². The van der Waals surface area contributed by atoms with Crippen LogP contribution in [-0.2, 0) is 4.79 Å². The maximum atomic E-state index is 11.9. The van der Waals surface area contributed by atoms with Gasteiger partial charge in [0.25, 0.3) is 0 Å². The second-order valence-electron chi connectivity index (χ2n) is 5.09. The summed E-state index contributed by atoms with van der Waals surface area (Å²) in [5, 5.41) is 11.7. The molecule has 20 heavy (non-hydrogen) atoms. The van der Waals surface area contributed by atoms with Gasteiger partial charge < -0.3 is 10.4 Å². The molecule has 0 spiro atoms. The normalized spacial score (nSPS) is 13.0. The minimum Gasteiger partial charge on any atom is -0.384 e. The van der Waals surface area contributed by atoms with Crippen LogP contribution in [0.2, 0.25) is 0 Å². The zero-order chi connectivity index (χ0) is 15.0. The van der Waals surface area contributed by atoms with Crippen molar-refractivity contribution in [2.24, 2.45) is 5.92 Å². The first-order valence-corrected chi connectivity index (χ1v) is 7.05. The van der Waals surface area contributed by atoms with Crippen LogP contribution in [-0.4, -0.2) is 17.6 Å². The monoisotopic (exact) mass is 273 g/mol. The Hall–Kier alpha value is -1.79. The number of hydrogen-bond acceptors (Lipinski definition) is 2. The minimum atomic E-state index is -0.147. The van der Waals surface area contributed by atoms with Crippen molar-refractivity contribution in [3.63, 3.8) is 0 Å². The Morgan fingerprint density at radius 3 is 2.80 bits per heavy atom. The van der Waals surface area contributed by atoms with Gasteiger partial charge in [0.05, 0.1) is 6.04 Å². The number of carbonyl (C=O) groups excluding carboxylic acids is 1. The number of amides is 1. The minimum absolute atomic E-state index is 0.0394. The van der Waals surface area contributed by atoms with Crippen LogP contribution in [0.1, 0.15) is 50.8 Å². The summed E-state index contributed by atoms with van der Waals surface area (Å²) in [6, 6.07) is 7.67. The molecule has 0 aliphatic rings. The Morgan fingerprint density at radius 1 is 1.40 bits per heavy atom. The summed E-state index contributed by atoms with van der Waals surface area (Å²) in [6.45, 7) is 5.98. The van der Waals surface area contributed by atoms with Crippen molar-refractivity contribution < 1.29 is 9.90 Å². The van der Waals surface area contributed by atoms with E-state index in [1.807, 2.05) is 31.2 Å². The van der Waals surface area contributed by atoms with Gasteiger partial charge in [-0.3, -0.25) is 4.79 Å². The predicted molar refractivity (Wildman–Crippen MR) is 81.0 cm³/mol. The molecule has 0 bridgehead atoms. The molecular formula is C17H23NO2. The lowest BCUT2D eigenvalue weighted by Gasteiger charge is -2.16. The number of nitrogens with one attached hydrogen (secondary N) is 1. The molecule has 3 heteroatoms. The fraction of sp³-hybridized carbons (Fsp3) is 0.471. The number of rotatable bonds is 5. The molecule has 1 amide bonds. The van der Waals surface area contributed by atoms with Crippen molar-refractivity contribution in [3.8, 4) is 11.8 Å². The van der Waals surface area contributed by atoms with Crippen LogP contribution < -0.4 is 5.32 Å². The average Bonchev–Trinajstić information content (AvgIpc) is 2.45. The maximum Gasteiger partial charge on any atom is 0.220 e. The number of carbonyl (C=O) groups is 1. The lowest BCUT2D eigenvalue weighted by molar-refractivity contribution is -0.122. The van der Waals surface area contributed by atoms with E-state index in [4.69, 9.17) is 5.11 Å². The third-order valence-electron chi connectivity index (χ3n) is 3.31. The van der Waals surface area contributed by atoms with E-state index in [1.165, 1.54) is 0 Å². The molecule has 0 aromatic heterocycles. The molecule has 1 aromatic rings. The third kappa shape index (κ3) is 5.46. The molecule has 2 N–H and O–H groups in total. The summed E-state index contributed by atoms with van der Waals surface area (Å²) in [5.41, 5.74) is 1.87. The highest BCUT2D eigenvalue weighted by molar-refractivity contribution is 5.76. The fourth-order valence-electron chi connectivity index (χ4n) is 1.87. The van der Waals surface area contributed by atoms with Gasteiger partial charge in [-0.05, 0) is 30.5 Å². The molecule has 0 saturated heterocycles. The van der Waals surface area contributed by atoms with Gasteiger partial charge in [-0.25, -0.2) is 0 Å². The van der Waals surface area contributed by atoms with E-state index >= 15 is 0 Å². The van der Waals surface area contributed by atoms with Gasteiger partial charge in [0, 0.05) is 12.0 Å². The van der Waals surface area contributed by atoms with Gasteiger partial charge in [-0.2, -0.15) is 0 Å². The zero-order valence-corrected chi connectivity index (χ0v) is 12.4. The number of aliphatic hydroxyl groups excluding tert-OH is 1. The van der Waals surface area contributed by atoms with E-state index in [1.54, 1.807) is 0 Å². The quantitative estimate of drug-likeness (QED) is 0.810. The van der Waals surface area contributed by atoms with Crippen LogP contribution in [0.15, 0.2) is 24.3 Å². The Kier molecular flexibility index (Phi) is 6.83. The maximum absolute atomic E-state index is 11.9. The van der Waals surface area contributed by atoms with Crippen LogP contribution in [0.25, 0.3) is 0 Å². The first kappa shape index (κ1) is 16.3. The van der Waals surface area contributed by atoms with Crippen molar-refractivity contribution in [1.82, 2.24) is 5.32 Å². The molecule has 1 rings (SSSR count). The third-order valence-corrected chi connectivity index (χ3v) is 3.31. The molecule has 0 radical (unpaired) electrons. The molecule has 1 aromatic carbocycles. The summed E-state index contributed by atoms with van der Waals surface area (Å²) in [6.07, 6.45) is 1.57.